The van der Waals surface area contributed by atoms with E-state index in [1.54, 1.807) is 0 Å². The largest absolute Gasteiger partial charge is 0.481 e. The monoisotopic (exact) mass is 1040 g/mol. The van der Waals surface area contributed by atoms with Gasteiger partial charge in [0, 0.05) is 19.0 Å². The SMILES string of the molecule is CCCCC/C=C\C/C=C\C/C=C\CC1OC1CCCC(=O)OC[C@H](COP(=O)(O)OP(=O)(O)OC[C@H]1O[C@@H](n2ccc(N)nc2=O)[C@H](O)[C@@H]1O)OC(=O)CCCCCCC/C=C\C/C=C\CCCCC. The molecule has 402 valence electrons. The molecule has 3 rings (SSSR count). The summed E-state index contributed by atoms with van der Waals surface area (Å²) >= 11 is 0. The molecular weight excluding hydrogens is 961 g/mol. The van der Waals surface area contributed by atoms with Crippen LogP contribution in [0.1, 0.15) is 161 Å². The highest BCUT2D eigenvalue weighted by Crippen LogP contribution is 2.60. The van der Waals surface area contributed by atoms with Gasteiger partial charge in [-0.25, -0.2) is 13.9 Å². The molecule has 0 bridgehead atoms. The Balaban J connectivity index is 1.43. The van der Waals surface area contributed by atoms with Gasteiger partial charge in [0.05, 0.1) is 25.4 Å². The van der Waals surface area contributed by atoms with Crippen molar-refractivity contribution in [2.45, 2.75) is 198 Å². The molecule has 71 heavy (non-hydrogen) atoms. The Morgan fingerprint density at radius 3 is 1.90 bits per heavy atom. The van der Waals surface area contributed by atoms with Crippen LogP contribution in [0.15, 0.2) is 77.8 Å². The number of carbonyl (C=O) groups is 2. The van der Waals surface area contributed by atoms with Gasteiger partial charge in [-0.3, -0.25) is 23.2 Å². The highest BCUT2D eigenvalue weighted by molar-refractivity contribution is 7.61. The third-order valence-corrected chi connectivity index (χ3v) is 14.1. The number of nitrogens with two attached hydrogens (primary N) is 1. The number of nitrogen functional groups attached to an aromatic ring is 1. The number of phosphoric ester groups is 2. The number of esters is 2. The van der Waals surface area contributed by atoms with Crippen LogP contribution in [0.4, 0.5) is 5.82 Å². The Morgan fingerprint density at radius 2 is 1.27 bits per heavy atom. The molecular formula is C50H81N3O16P2. The number of hydrogen-bond donors (Lipinski definition) is 5. The summed E-state index contributed by atoms with van der Waals surface area (Å²) in [4.78, 5) is 62.0. The zero-order chi connectivity index (χ0) is 51.7. The van der Waals surface area contributed by atoms with Crippen LogP contribution < -0.4 is 11.4 Å². The van der Waals surface area contributed by atoms with E-state index in [9.17, 15) is 43.5 Å². The molecule has 21 heteroatoms. The van der Waals surface area contributed by atoms with E-state index in [1.807, 2.05) is 0 Å². The van der Waals surface area contributed by atoms with Crippen LogP contribution in [0.3, 0.4) is 0 Å². The van der Waals surface area contributed by atoms with Crippen molar-refractivity contribution in [3.63, 3.8) is 0 Å². The molecule has 1 aromatic rings. The van der Waals surface area contributed by atoms with Gasteiger partial charge in [-0.15, -0.1) is 0 Å². The van der Waals surface area contributed by atoms with Crippen molar-refractivity contribution in [3.8, 4) is 0 Å². The van der Waals surface area contributed by atoms with E-state index in [2.05, 4.69) is 83.9 Å². The Hall–Kier alpha value is -3.58. The van der Waals surface area contributed by atoms with Crippen LogP contribution >= 0.6 is 15.6 Å². The van der Waals surface area contributed by atoms with E-state index in [0.717, 1.165) is 81.4 Å². The molecule has 0 spiro atoms. The molecule has 19 nitrogen and oxygen atoms in total. The summed E-state index contributed by atoms with van der Waals surface area (Å²) in [6.07, 6.45) is 34.6. The van der Waals surface area contributed by atoms with Crippen molar-refractivity contribution >= 4 is 33.4 Å². The van der Waals surface area contributed by atoms with Gasteiger partial charge in [0.15, 0.2) is 12.3 Å². The Labute approximate surface area is 419 Å². The number of hydrogen-bond acceptors (Lipinski definition) is 16. The van der Waals surface area contributed by atoms with Crippen molar-refractivity contribution in [2.24, 2.45) is 0 Å². The normalized spacial score (nSPS) is 22.5. The Kier molecular flexibility index (Phi) is 30.9. The number of epoxide rings is 1. The van der Waals surface area contributed by atoms with E-state index in [1.165, 1.54) is 44.6 Å². The molecule has 3 heterocycles. The predicted octanol–water partition coefficient (Wildman–Crippen LogP) is 9.32. The molecule has 6 N–H and O–H groups in total. The molecule has 0 radical (unpaired) electrons. The lowest BCUT2D eigenvalue weighted by molar-refractivity contribution is -0.161. The number of aliphatic hydroxyl groups is 2. The van der Waals surface area contributed by atoms with Crippen LogP contribution in [0, 0.1) is 0 Å². The van der Waals surface area contributed by atoms with Crippen molar-refractivity contribution in [1.82, 2.24) is 9.55 Å². The number of rotatable bonds is 40. The minimum Gasteiger partial charge on any atom is -0.462 e. The number of phosphoric acid groups is 2. The molecule has 0 amide bonds. The maximum Gasteiger partial charge on any atom is 0.481 e. The third-order valence-electron chi connectivity index (χ3n) is 11.5. The molecule has 0 aromatic carbocycles. The van der Waals surface area contributed by atoms with Crippen LogP contribution in [0.2, 0.25) is 0 Å². The molecule has 2 fully saturated rings. The molecule has 2 aliphatic rings. The zero-order valence-electron chi connectivity index (χ0n) is 41.7. The molecule has 0 saturated carbocycles. The fourth-order valence-electron chi connectivity index (χ4n) is 7.43. The minimum absolute atomic E-state index is 0.0152. The number of allylic oxidation sites excluding steroid dienone is 9. The minimum atomic E-state index is -5.44. The van der Waals surface area contributed by atoms with E-state index in [-0.39, 0.29) is 30.9 Å². The summed E-state index contributed by atoms with van der Waals surface area (Å²) in [5.41, 5.74) is 4.58. The lowest BCUT2D eigenvalue weighted by Crippen LogP contribution is -2.36. The summed E-state index contributed by atoms with van der Waals surface area (Å²) in [7, 11) is -10.9. The second-order valence-corrected chi connectivity index (χ2v) is 20.7. The molecule has 1 aromatic heterocycles. The molecule has 2 aliphatic heterocycles. The van der Waals surface area contributed by atoms with Gasteiger partial charge < -0.3 is 44.7 Å². The lowest BCUT2D eigenvalue weighted by Gasteiger charge is -2.21. The maximum atomic E-state index is 12.9. The van der Waals surface area contributed by atoms with Crippen LogP contribution in [-0.2, 0) is 51.0 Å². The number of ether oxygens (including phenoxy) is 4. The van der Waals surface area contributed by atoms with Gasteiger partial charge in [-0.1, -0.05) is 120 Å². The zero-order valence-corrected chi connectivity index (χ0v) is 43.5. The first-order valence-corrected chi connectivity index (χ1v) is 28.4. The van der Waals surface area contributed by atoms with Crippen molar-refractivity contribution in [1.29, 1.82) is 0 Å². The van der Waals surface area contributed by atoms with Crippen molar-refractivity contribution in [3.05, 3.63) is 83.5 Å². The average molecular weight is 1040 g/mol. The maximum absolute atomic E-state index is 12.9. The Bertz CT molecular complexity index is 1990. The molecule has 0 aliphatic carbocycles. The highest BCUT2D eigenvalue weighted by Gasteiger charge is 2.46. The number of anilines is 1. The van der Waals surface area contributed by atoms with E-state index >= 15 is 0 Å². The fraction of sp³-hybridized carbons (Fsp3) is 0.680. The van der Waals surface area contributed by atoms with Gasteiger partial charge in [-0.05, 0) is 89.5 Å². The average Bonchev–Trinajstić information content (AvgIpc) is 4.01. The van der Waals surface area contributed by atoms with E-state index < -0.39 is 83.7 Å². The van der Waals surface area contributed by atoms with Crippen LogP contribution in [0.5, 0.6) is 0 Å². The van der Waals surface area contributed by atoms with Crippen molar-refractivity contribution < 1.29 is 71.0 Å². The molecule has 2 saturated heterocycles. The van der Waals surface area contributed by atoms with Crippen LogP contribution in [0.25, 0.3) is 0 Å². The summed E-state index contributed by atoms with van der Waals surface area (Å²) in [6.45, 7) is 2.01. The third kappa shape index (κ3) is 27.9. The number of unbranched alkanes of at least 4 members (excludes halogenated alkanes) is 11. The molecule has 4 unspecified atom stereocenters. The van der Waals surface area contributed by atoms with Crippen molar-refractivity contribution in [2.75, 3.05) is 25.6 Å². The summed E-state index contributed by atoms with van der Waals surface area (Å²) < 4.78 is 62.5. The Morgan fingerprint density at radius 1 is 0.704 bits per heavy atom. The fourth-order valence-corrected chi connectivity index (χ4v) is 9.54. The first kappa shape index (κ1) is 61.7. The van der Waals surface area contributed by atoms with Crippen LogP contribution in [-0.4, -0.2) is 97.9 Å². The van der Waals surface area contributed by atoms with E-state index in [4.69, 9.17) is 33.7 Å². The van der Waals surface area contributed by atoms with Gasteiger partial charge in [0.2, 0.25) is 0 Å². The second kappa shape index (κ2) is 35.6. The quantitative estimate of drug-likeness (QED) is 0.0135. The topological polar surface area (TPSA) is 278 Å². The number of carbonyl (C=O) groups excluding carboxylic acids is 2. The lowest BCUT2D eigenvalue weighted by atomic mass is 10.1. The predicted molar refractivity (Wildman–Crippen MR) is 270 cm³/mol. The standard InChI is InChI=1S/C50H81N3O16P2/c1-3-5-7-9-11-13-15-17-18-19-21-23-25-27-29-33-46(55)66-40(37-63-45(54)34-30-32-42-41(67-42)31-28-26-24-22-20-16-14-12-10-8-6-4-2)38-64-70(59,60)69-71(61,62)65-39-43-47(56)48(57)49(68-43)53-36-35-44(51)52-50(53)58/h11-14,17-18,20,22,26,28,35-36,40-43,47-49,56-57H,3-10,15-16,19,21,23-25,27,29-34,37-39H2,1-2H3,(H,59,60)(H,61,62)(H2,51,52,58)/b13-11-,14-12-,18-17-,22-20-,28-26-/t40-,41?,42?,43-,47-,48-,49-/m1/s1. The summed E-state index contributed by atoms with van der Waals surface area (Å²) in [5.74, 6) is -1.40. The van der Waals surface area contributed by atoms with Gasteiger partial charge >= 0.3 is 33.3 Å². The van der Waals surface area contributed by atoms with Gasteiger partial charge in [-0.2, -0.15) is 9.29 Å². The van der Waals surface area contributed by atoms with Gasteiger partial charge in [0.25, 0.3) is 0 Å². The first-order valence-electron chi connectivity index (χ1n) is 25.4. The highest BCUT2D eigenvalue weighted by atomic mass is 31.3. The molecule has 9 atom stereocenters. The summed E-state index contributed by atoms with van der Waals surface area (Å²) in [6, 6.07) is 1.24. The first-order chi connectivity index (χ1) is 34.1. The number of aromatic nitrogens is 2. The summed E-state index contributed by atoms with van der Waals surface area (Å²) in [5, 5.41) is 20.9. The number of aliphatic hydroxyl groups excluding tert-OH is 2. The number of nitrogens with zero attached hydrogens (tertiary/aromatic N) is 2. The van der Waals surface area contributed by atoms with E-state index in [0.29, 0.717) is 19.3 Å². The van der Waals surface area contributed by atoms with Gasteiger partial charge in [0.1, 0.15) is 30.7 Å². The second-order valence-electron chi connectivity index (χ2n) is 17.7. The smallest absolute Gasteiger partial charge is 0.462 e.